The zero-order valence-electron chi connectivity index (χ0n) is 15.4. The Morgan fingerprint density at radius 2 is 2.00 bits per heavy atom. The number of anilines is 3. The molecule has 3 rings (SSSR count). The molecule has 0 aliphatic carbocycles. The number of ether oxygens (including phenoxy) is 2. The SMILES string of the molecule is COc1ccc(Nc2cc(N3CCCC(C)C3)nc(C)n2)c(OC)c1. The predicted octanol–water partition coefficient (Wildman–Crippen LogP) is 3.78. The van der Waals surface area contributed by atoms with Crippen LogP contribution in [0.25, 0.3) is 0 Å². The molecule has 1 aliphatic heterocycles. The highest BCUT2D eigenvalue weighted by molar-refractivity contribution is 5.67. The number of hydrogen-bond acceptors (Lipinski definition) is 6. The van der Waals surface area contributed by atoms with E-state index in [1.54, 1.807) is 14.2 Å². The van der Waals surface area contributed by atoms with Gasteiger partial charge in [0.1, 0.15) is 29.0 Å². The number of nitrogens with one attached hydrogen (secondary N) is 1. The van der Waals surface area contributed by atoms with Gasteiger partial charge in [-0.15, -0.1) is 0 Å². The first kappa shape index (κ1) is 17.3. The van der Waals surface area contributed by atoms with Gasteiger partial charge in [-0.1, -0.05) is 6.92 Å². The molecule has 134 valence electrons. The summed E-state index contributed by atoms with van der Waals surface area (Å²) in [6.07, 6.45) is 2.49. The summed E-state index contributed by atoms with van der Waals surface area (Å²) in [5.74, 6) is 4.67. The van der Waals surface area contributed by atoms with Crippen LogP contribution in [-0.4, -0.2) is 37.3 Å². The highest BCUT2D eigenvalue weighted by atomic mass is 16.5. The van der Waals surface area contributed by atoms with Crippen molar-refractivity contribution in [3.05, 3.63) is 30.1 Å². The third-order valence-corrected chi connectivity index (χ3v) is 4.48. The summed E-state index contributed by atoms with van der Waals surface area (Å²) in [5, 5.41) is 3.35. The summed E-state index contributed by atoms with van der Waals surface area (Å²) in [6.45, 7) is 6.31. The standard InChI is InChI=1S/C19H26N4O2/c1-13-6-5-9-23(12-13)19-11-18(20-14(2)21-19)22-16-8-7-15(24-3)10-17(16)25-4/h7-8,10-11,13H,5-6,9,12H2,1-4H3,(H,20,21,22). The van der Waals surface area contributed by atoms with E-state index in [4.69, 9.17) is 9.47 Å². The van der Waals surface area contributed by atoms with Crippen LogP contribution in [0.4, 0.5) is 17.3 Å². The van der Waals surface area contributed by atoms with Crippen molar-refractivity contribution >= 4 is 17.3 Å². The monoisotopic (exact) mass is 342 g/mol. The first-order valence-electron chi connectivity index (χ1n) is 8.68. The molecule has 1 aromatic carbocycles. The quantitative estimate of drug-likeness (QED) is 0.892. The fourth-order valence-electron chi connectivity index (χ4n) is 3.22. The molecular formula is C19H26N4O2. The van der Waals surface area contributed by atoms with Crippen molar-refractivity contribution in [2.24, 2.45) is 5.92 Å². The van der Waals surface area contributed by atoms with Crippen LogP contribution in [0.5, 0.6) is 11.5 Å². The Labute approximate surface area is 149 Å². The van der Waals surface area contributed by atoms with Gasteiger partial charge in [-0.2, -0.15) is 0 Å². The maximum atomic E-state index is 5.45. The summed E-state index contributed by atoms with van der Waals surface area (Å²) in [7, 11) is 3.28. The van der Waals surface area contributed by atoms with Gasteiger partial charge in [-0.25, -0.2) is 9.97 Å². The molecule has 2 heterocycles. The van der Waals surface area contributed by atoms with Gasteiger partial charge in [0.05, 0.1) is 19.9 Å². The van der Waals surface area contributed by atoms with Crippen molar-refractivity contribution in [2.75, 3.05) is 37.5 Å². The summed E-state index contributed by atoms with van der Waals surface area (Å²) in [6, 6.07) is 7.68. The Hall–Kier alpha value is -2.50. The van der Waals surface area contributed by atoms with Gasteiger partial charge in [0.25, 0.3) is 0 Å². The van der Waals surface area contributed by atoms with Crippen LogP contribution >= 0.6 is 0 Å². The summed E-state index contributed by atoms with van der Waals surface area (Å²) < 4.78 is 10.7. The molecule has 6 heteroatoms. The van der Waals surface area contributed by atoms with E-state index in [9.17, 15) is 0 Å². The van der Waals surface area contributed by atoms with E-state index < -0.39 is 0 Å². The minimum atomic E-state index is 0.696. The fraction of sp³-hybridized carbons (Fsp3) is 0.474. The molecule has 1 unspecified atom stereocenters. The Balaban J connectivity index is 1.85. The lowest BCUT2D eigenvalue weighted by Gasteiger charge is -2.32. The van der Waals surface area contributed by atoms with Crippen molar-refractivity contribution in [1.82, 2.24) is 9.97 Å². The number of rotatable bonds is 5. The van der Waals surface area contributed by atoms with Crippen molar-refractivity contribution in [3.63, 3.8) is 0 Å². The molecule has 0 radical (unpaired) electrons. The zero-order valence-corrected chi connectivity index (χ0v) is 15.4. The molecule has 0 spiro atoms. The number of aryl methyl sites for hydroxylation is 1. The summed E-state index contributed by atoms with van der Waals surface area (Å²) >= 11 is 0. The lowest BCUT2D eigenvalue weighted by Crippen LogP contribution is -2.35. The Morgan fingerprint density at radius 3 is 2.72 bits per heavy atom. The van der Waals surface area contributed by atoms with E-state index in [2.05, 4.69) is 27.1 Å². The molecule has 1 aliphatic rings. The van der Waals surface area contributed by atoms with Crippen LogP contribution in [0, 0.1) is 12.8 Å². The molecule has 0 saturated carbocycles. The number of methoxy groups -OCH3 is 2. The molecule has 25 heavy (non-hydrogen) atoms. The highest BCUT2D eigenvalue weighted by Crippen LogP contribution is 2.32. The molecule has 0 bridgehead atoms. The second kappa shape index (κ2) is 7.59. The predicted molar refractivity (Wildman–Crippen MR) is 100 cm³/mol. The lowest BCUT2D eigenvalue weighted by atomic mass is 10.0. The molecule has 0 amide bonds. The lowest BCUT2D eigenvalue weighted by molar-refractivity contribution is 0.395. The third kappa shape index (κ3) is 4.13. The Bertz CT molecular complexity index is 735. The normalized spacial score (nSPS) is 17.3. The van der Waals surface area contributed by atoms with E-state index in [1.165, 1.54) is 12.8 Å². The van der Waals surface area contributed by atoms with E-state index in [1.807, 2.05) is 31.2 Å². The smallest absolute Gasteiger partial charge is 0.146 e. The van der Waals surface area contributed by atoms with Gasteiger partial charge in [0, 0.05) is 25.2 Å². The number of nitrogens with zero attached hydrogens (tertiary/aromatic N) is 3. The Morgan fingerprint density at radius 1 is 1.16 bits per heavy atom. The van der Waals surface area contributed by atoms with Gasteiger partial charge >= 0.3 is 0 Å². The average Bonchev–Trinajstić information content (AvgIpc) is 2.61. The van der Waals surface area contributed by atoms with Crippen LogP contribution < -0.4 is 19.7 Å². The van der Waals surface area contributed by atoms with Gasteiger partial charge in [0.2, 0.25) is 0 Å². The van der Waals surface area contributed by atoms with E-state index in [0.29, 0.717) is 11.7 Å². The third-order valence-electron chi connectivity index (χ3n) is 4.48. The van der Waals surface area contributed by atoms with Gasteiger partial charge in [0.15, 0.2) is 0 Å². The minimum absolute atomic E-state index is 0.696. The number of aromatic nitrogens is 2. The van der Waals surface area contributed by atoms with Crippen LogP contribution in [0.3, 0.4) is 0 Å². The van der Waals surface area contributed by atoms with Crippen LogP contribution in [0.1, 0.15) is 25.6 Å². The molecule has 1 atom stereocenters. The fourth-order valence-corrected chi connectivity index (χ4v) is 3.22. The zero-order chi connectivity index (χ0) is 17.8. The van der Waals surface area contributed by atoms with E-state index in [-0.39, 0.29) is 0 Å². The van der Waals surface area contributed by atoms with Crippen LogP contribution in [0.2, 0.25) is 0 Å². The number of piperidine rings is 1. The summed E-state index contributed by atoms with van der Waals surface area (Å²) in [4.78, 5) is 11.5. The molecule has 1 N–H and O–H groups in total. The van der Waals surface area contributed by atoms with Crippen molar-refractivity contribution < 1.29 is 9.47 Å². The number of hydrogen-bond donors (Lipinski definition) is 1. The van der Waals surface area contributed by atoms with Gasteiger partial charge < -0.3 is 19.7 Å². The van der Waals surface area contributed by atoms with Crippen molar-refractivity contribution in [2.45, 2.75) is 26.7 Å². The molecule has 1 fully saturated rings. The molecule has 1 aromatic heterocycles. The molecule has 1 saturated heterocycles. The van der Waals surface area contributed by atoms with Gasteiger partial charge in [-0.3, -0.25) is 0 Å². The largest absolute Gasteiger partial charge is 0.497 e. The van der Waals surface area contributed by atoms with Crippen molar-refractivity contribution in [1.29, 1.82) is 0 Å². The summed E-state index contributed by atoms with van der Waals surface area (Å²) in [5.41, 5.74) is 0.847. The highest BCUT2D eigenvalue weighted by Gasteiger charge is 2.19. The van der Waals surface area contributed by atoms with Gasteiger partial charge in [-0.05, 0) is 37.8 Å². The maximum absolute atomic E-state index is 5.45. The first-order chi connectivity index (χ1) is 12.1. The molecule has 2 aromatic rings. The second-order valence-electron chi connectivity index (χ2n) is 6.54. The first-order valence-corrected chi connectivity index (χ1v) is 8.68. The number of benzene rings is 1. The molecule has 6 nitrogen and oxygen atoms in total. The topological polar surface area (TPSA) is 59.5 Å². The van der Waals surface area contributed by atoms with E-state index in [0.717, 1.165) is 42.0 Å². The van der Waals surface area contributed by atoms with E-state index >= 15 is 0 Å². The van der Waals surface area contributed by atoms with Crippen molar-refractivity contribution in [3.8, 4) is 11.5 Å². The minimum Gasteiger partial charge on any atom is -0.497 e. The second-order valence-corrected chi connectivity index (χ2v) is 6.54. The average molecular weight is 342 g/mol. The Kier molecular flexibility index (Phi) is 5.26. The van der Waals surface area contributed by atoms with Crippen LogP contribution in [0.15, 0.2) is 24.3 Å². The maximum Gasteiger partial charge on any atom is 0.146 e. The van der Waals surface area contributed by atoms with Crippen LogP contribution in [-0.2, 0) is 0 Å². The molecular weight excluding hydrogens is 316 g/mol.